The number of ether oxygens (including phenoxy) is 1. The molecule has 0 unspecified atom stereocenters. The van der Waals surface area contributed by atoms with Gasteiger partial charge in [-0.15, -0.1) is 0 Å². The van der Waals surface area contributed by atoms with Gasteiger partial charge >= 0.3 is 0 Å². The van der Waals surface area contributed by atoms with Crippen LogP contribution in [0.5, 0.6) is 0 Å². The van der Waals surface area contributed by atoms with Crippen molar-refractivity contribution in [3.8, 4) is 0 Å². The zero-order valence-corrected chi connectivity index (χ0v) is 11.2. The maximum absolute atomic E-state index is 5.70. The highest BCUT2D eigenvalue weighted by Gasteiger charge is 1.98. The first-order chi connectivity index (χ1) is 9.29. The lowest BCUT2D eigenvalue weighted by Gasteiger charge is -2.05. The van der Waals surface area contributed by atoms with E-state index in [2.05, 4.69) is 36.7 Å². The summed E-state index contributed by atoms with van der Waals surface area (Å²) >= 11 is 0. The Hall–Kier alpha value is -2.06. The van der Waals surface area contributed by atoms with E-state index in [4.69, 9.17) is 4.74 Å². The van der Waals surface area contributed by atoms with Gasteiger partial charge in [-0.3, -0.25) is 0 Å². The molecule has 0 aliphatic rings. The van der Waals surface area contributed by atoms with Crippen LogP contribution in [0.4, 0.5) is 0 Å². The Balaban J connectivity index is 1.87. The van der Waals surface area contributed by atoms with Crippen LogP contribution in [-0.4, -0.2) is 11.6 Å². The summed E-state index contributed by atoms with van der Waals surface area (Å²) in [6.07, 6.45) is 5.86. The molecule has 1 N–H and O–H groups in total. The number of rotatable bonds is 6. The molecule has 0 bridgehead atoms. The summed E-state index contributed by atoms with van der Waals surface area (Å²) in [4.78, 5) is 3.14. The van der Waals surface area contributed by atoms with Crippen molar-refractivity contribution >= 4 is 12.2 Å². The lowest BCUT2D eigenvalue weighted by molar-refractivity contribution is 0.143. The molecule has 1 aromatic heterocycles. The second kappa shape index (κ2) is 6.76. The highest BCUT2D eigenvalue weighted by atomic mass is 16.5. The van der Waals surface area contributed by atoms with Crippen LogP contribution < -0.4 is 0 Å². The Labute approximate surface area is 114 Å². The first-order valence-corrected chi connectivity index (χ1v) is 6.38. The van der Waals surface area contributed by atoms with E-state index in [0.29, 0.717) is 13.2 Å². The van der Waals surface area contributed by atoms with E-state index in [1.54, 1.807) is 0 Å². The number of nitrogens with one attached hydrogen (secondary N) is 1. The van der Waals surface area contributed by atoms with Crippen molar-refractivity contribution in [2.24, 2.45) is 0 Å². The van der Waals surface area contributed by atoms with E-state index in [1.807, 2.05) is 36.5 Å². The minimum Gasteiger partial charge on any atom is -0.372 e. The van der Waals surface area contributed by atoms with Gasteiger partial charge in [0.25, 0.3) is 0 Å². The molecule has 1 heterocycles. The second-order valence-electron chi connectivity index (χ2n) is 4.52. The van der Waals surface area contributed by atoms with E-state index in [-0.39, 0.29) is 0 Å². The zero-order valence-electron chi connectivity index (χ0n) is 11.2. The molecule has 0 spiro atoms. The SMILES string of the molecule is C=Cc1[nH]ccc1/C=C(\C)COCc1ccccc1. The van der Waals surface area contributed by atoms with Crippen LogP contribution in [0.2, 0.25) is 0 Å². The van der Waals surface area contributed by atoms with E-state index in [0.717, 1.165) is 11.3 Å². The van der Waals surface area contributed by atoms with Gasteiger partial charge in [0.15, 0.2) is 0 Å². The number of H-pyrrole nitrogens is 1. The fourth-order valence-corrected chi connectivity index (χ4v) is 1.91. The smallest absolute Gasteiger partial charge is 0.0721 e. The molecule has 2 heteroatoms. The third-order valence-corrected chi connectivity index (χ3v) is 2.86. The van der Waals surface area contributed by atoms with Crippen molar-refractivity contribution in [2.45, 2.75) is 13.5 Å². The molecular weight excluding hydrogens is 234 g/mol. The van der Waals surface area contributed by atoms with E-state index in [9.17, 15) is 0 Å². The van der Waals surface area contributed by atoms with Crippen molar-refractivity contribution in [2.75, 3.05) is 6.61 Å². The predicted molar refractivity (Wildman–Crippen MR) is 80.6 cm³/mol. The van der Waals surface area contributed by atoms with Gasteiger partial charge in [-0.2, -0.15) is 0 Å². The first-order valence-electron chi connectivity index (χ1n) is 6.38. The number of hydrogen-bond donors (Lipinski definition) is 1. The molecular formula is C17H19NO. The second-order valence-corrected chi connectivity index (χ2v) is 4.52. The molecule has 1 aromatic carbocycles. The van der Waals surface area contributed by atoms with Crippen molar-refractivity contribution < 1.29 is 4.74 Å². The summed E-state index contributed by atoms with van der Waals surface area (Å²) in [6, 6.07) is 12.2. The summed E-state index contributed by atoms with van der Waals surface area (Å²) in [7, 11) is 0. The lowest BCUT2D eigenvalue weighted by Crippen LogP contribution is -1.96. The van der Waals surface area contributed by atoms with Crippen molar-refractivity contribution in [1.29, 1.82) is 0 Å². The highest BCUT2D eigenvalue weighted by molar-refractivity contribution is 5.63. The van der Waals surface area contributed by atoms with E-state index >= 15 is 0 Å². The van der Waals surface area contributed by atoms with Crippen molar-refractivity contribution in [3.63, 3.8) is 0 Å². The molecule has 0 atom stereocenters. The first kappa shape index (κ1) is 13.4. The van der Waals surface area contributed by atoms with Gasteiger partial charge in [0.05, 0.1) is 13.2 Å². The largest absolute Gasteiger partial charge is 0.372 e. The highest BCUT2D eigenvalue weighted by Crippen LogP contribution is 2.13. The van der Waals surface area contributed by atoms with Crippen molar-refractivity contribution in [1.82, 2.24) is 4.98 Å². The fraction of sp³-hybridized carbons (Fsp3) is 0.176. The quantitative estimate of drug-likeness (QED) is 0.816. The summed E-state index contributed by atoms with van der Waals surface area (Å²) in [5, 5.41) is 0. The molecule has 0 amide bonds. The van der Waals surface area contributed by atoms with Crippen LogP contribution in [0.15, 0.2) is 54.7 Å². The number of hydrogen-bond acceptors (Lipinski definition) is 1. The standard InChI is InChI=1S/C17H19NO/c1-3-17-16(9-10-18-17)11-14(2)12-19-13-15-7-5-4-6-8-15/h3-11,18H,1,12-13H2,2H3/b14-11+. The third-order valence-electron chi connectivity index (χ3n) is 2.86. The number of benzene rings is 1. The van der Waals surface area contributed by atoms with Crippen LogP contribution in [0.3, 0.4) is 0 Å². The van der Waals surface area contributed by atoms with Crippen LogP contribution >= 0.6 is 0 Å². The number of aromatic amines is 1. The molecule has 19 heavy (non-hydrogen) atoms. The van der Waals surface area contributed by atoms with Crippen LogP contribution in [-0.2, 0) is 11.3 Å². The topological polar surface area (TPSA) is 25.0 Å². The summed E-state index contributed by atoms with van der Waals surface area (Å²) < 4.78 is 5.70. The normalized spacial score (nSPS) is 11.5. The minimum atomic E-state index is 0.636. The average Bonchev–Trinajstić information content (AvgIpc) is 2.87. The Morgan fingerprint density at radius 2 is 2.05 bits per heavy atom. The summed E-state index contributed by atoms with van der Waals surface area (Å²) in [5.41, 5.74) is 4.58. The van der Waals surface area contributed by atoms with Crippen LogP contribution in [0.25, 0.3) is 12.2 Å². The van der Waals surface area contributed by atoms with Gasteiger partial charge in [-0.1, -0.05) is 43.0 Å². The molecule has 0 fully saturated rings. The zero-order chi connectivity index (χ0) is 13.5. The Kier molecular flexibility index (Phi) is 4.76. The predicted octanol–water partition coefficient (Wildman–Crippen LogP) is 4.28. The summed E-state index contributed by atoms with van der Waals surface area (Å²) in [5.74, 6) is 0. The Morgan fingerprint density at radius 3 is 2.79 bits per heavy atom. The molecule has 2 rings (SSSR count). The molecule has 0 aliphatic carbocycles. The van der Waals surface area contributed by atoms with Gasteiger partial charge in [-0.05, 0) is 35.8 Å². The maximum Gasteiger partial charge on any atom is 0.0721 e. The maximum atomic E-state index is 5.70. The molecule has 0 saturated carbocycles. The molecule has 0 saturated heterocycles. The average molecular weight is 253 g/mol. The molecule has 2 aromatic rings. The monoisotopic (exact) mass is 253 g/mol. The van der Waals surface area contributed by atoms with Gasteiger partial charge in [0.1, 0.15) is 0 Å². The molecule has 2 nitrogen and oxygen atoms in total. The van der Waals surface area contributed by atoms with Gasteiger partial charge < -0.3 is 9.72 Å². The minimum absolute atomic E-state index is 0.636. The molecule has 0 radical (unpaired) electrons. The molecule has 98 valence electrons. The van der Waals surface area contributed by atoms with E-state index in [1.165, 1.54) is 11.1 Å². The van der Waals surface area contributed by atoms with Gasteiger partial charge in [-0.25, -0.2) is 0 Å². The Bertz CT molecular complexity index is 552. The van der Waals surface area contributed by atoms with Crippen LogP contribution in [0.1, 0.15) is 23.7 Å². The summed E-state index contributed by atoms with van der Waals surface area (Å²) in [6.45, 7) is 7.14. The molecule has 0 aliphatic heterocycles. The Morgan fingerprint density at radius 1 is 1.26 bits per heavy atom. The third kappa shape index (κ3) is 3.97. The fourth-order valence-electron chi connectivity index (χ4n) is 1.91. The lowest BCUT2D eigenvalue weighted by atomic mass is 10.1. The van der Waals surface area contributed by atoms with Gasteiger partial charge in [0, 0.05) is 11.9 Å². The van der Waals surface area contributed by atoms with Crippen LogP contribution in [0, 0.1) is 0 Å². The van der Waals surface area contributed by atoms with E-state index < -0.39 is 0 Å². The number of aromatic nitrogens is 1. The van der Waals surface area contributed by atoms with Gasteiger partial charge in [0.2, 0.25) is 0 Å². The van der Waals surface area contributed by atoms with Crippen molar-refractivity contribution in [3.05, 3.63) is 71.6 Å².